The van der Waals surface area contributed by atoms with Crippen LogP contribution in [0.15, 0.2) is 34.1 Å². The van der Waals surface area contributed by atoms with Crippen molar-refractivity contribution in [3.05, 3.63) is 44.6 Å². The van der Waals surface area contributed by atoms with Crippen LogP contribution in [-0.2, 0) is 6.54 Å². The first-order chi connectivity index (χ1) is 10.2. The number of nitrogens with zero attached hydrogens (tertiary/aromatic N) is 1. The Hall–Kier alpha value is -1.55. The van der Waals surface area contributed by atoms with Gasteiger partial charge in [0, 0.05) is 21.5 Å². The Bertz CT molecular complexity index is 638. The first-order valence-electron chi connectivity index (χ1n) is 6.26. The molecule has 1 unspecified atom stereocenters. The third-order valence-corrected chi connectivity index (χ3v) is 4.57. The summed E-state index contributed by atoms with van der Waals surface area (Å²) in [5, 5.41) is 14.7. The molecule has 1 atom stereocenters. The molecule has 0 saturated heterocycles. The Balaban J connectivity index is 2.23. The molecule has 1 aromatic heterocycles. The molecule has 0 aliphatic rings. The van der Waals surface area contributed by atoms with Crippen LogP contribution in [0.1, 0.15) is 16.5 Å². The van der Waals surface area contributed by atoms with Crippen LogP contribution in [-0.4, -0.2) is 14.2 Å². The molecule has 0 spiro atoms. The molecule has 4 nitrogen and oxygen atoms in total. The van der Waals surface area contributed by atoms with Gasteiger partial charge in [-0.3, -0.25) is 5.32 Å². The fourth-order valence-corrected chi connectivity index (χ4v) is 3.14. The van der Waals surface area contributed by atoms with Crippen LogP contribution in [0.2, 0.25) is 0 Å². The van der Waals surface area contributed by atoms with E-state index in [-0.39, 0.29) is 0 Å². The molecule has 1 N–H and O–H groups in total. The number of hydrogen-bond donors (Lipinski definition) is 1. The van der Waals surface area contributed by atoms with Gasteiger partial charge in [-0.1, -0.05) is 22.0 Å². The second-order valence-corrected chi connectivity index (χ2v) is 6.14. The minimum absolute atomic E-state index is 0.429. The number of hydrogen-bond acceptors (Lipinski definition) is 5. The van der Waals surface area contributed by atoms with Gasteiger partial charge in [0.2, 0.25) is 0 Å². The third-order valence-electron chi connectivity index (χ3n) is 3.00. The smallest absolute Gasteiger partial charge is 0.161 e. The van der Waals surface area contributed by atoms with Gasteiger partial charge in [-0.25, -0.2) is 0 Å². The molecule has 0 amide bonds. The lowest BCUT2D eigenvalue weighted by molar-refractivity contribution is 0.354. The molecule has 0 aliphatic carbocycles. The molecule has 1 aromatic carbocycles. The number of benzene rings is 1. The van der Waals surface area contributed by atoms with Crippen molar-refractivity contribution in [1.82, 2.24) is 5.32 Å². The number of thiophene rings is 1. The number of rotatable bonds is 6. The quantitative estimate of drug-likeness (QED) is 0.842. The van der Waals surface area contributed by atoms with Crippen molar-refractivity contribution in [2.75, 3.05) is 14.2 Å². The second-order valence-electron chi connectivity index (χ2n) is 4.25. The van der Waals surface area contributed by atoms with Crippen molar-refractivity contribution in [2.45, 2.75) is 12.6 Å². The normalized spacial score (nSPS) is 11.7. The van der Waals surface area contributed by atoms with Gasteiger partial charge < -0.3 is 9.47 Å². The van der Waals surface area contributed by atoms with Crippen molar-refractivity contribution < 1.29 is 9.47 Å². The van der Waals surface area contributed by atoms with Gasteiger partial charge in [-0.05, 0) is 23.6 Å². The summed E-state index contributed by atoms with van der Waals surface area (Å²) in [6.07, 6.45) is 0. The molecule has 0 saturated carbocycles. The molecular weight excluding hydrogens is 352 g/mol. The highest BCUT2D eigenvalue weighted by molar-refractivity contribution is 9.10. The van der Waals surface area contributed by atoms with Crippen LogP contribution < -0.4 is 14.8 Å². The molecule has 110 valence electrons. The monoisotopic (exact) mass is 366 g/mol. The molecular formula is C15H15BrN2O2S. The van der Waals surface area contributed by atoms with Crippen molar-refractivity contribution >= 4 is 27.3 Å². The zero-order valence-electron chi connectivity index (χ0n) is 11.7. The maximum atomic E-state index is 9.42. The Morgan fingerprint density at radius 3 is 2.62 bits per heavy atom. The van der Waals surface area contributed by atoms with Crippen LogP contribution in [0.5, 0.6) is 11.5 Å². The molecule has 2 rings (SSSR count). The van der Waals surface area contributed by atoms with Crippen molar-refractivity contribution in [1.29, 1.82) is 5.26 Å². The fraction of sp³-hybridized carbons (Fsp3) is 0.267. The van der Waals surface area contributed by atoms with Crippen molar-refractivity contribution in [3.63, 3.8) is 0 Å². The van der Waals surface area contributed by atoms with E-state index in [2.05, 4.69) is 27.3 Å². The van der Waals surface area contributed by atoms with E-state index in [0.29, 0.717) is 18.0 Å². The highest BCUT2D eigenvalue weighted by atomic mass is 79.9. The molecule has 21 heavy (non-hydrogen) atoms. The largest absolute Gasteiger partial charge is 0.493 e. The minimum Gasteiger partial charge on any atom is -0.493 e. The Morgan fingerprint density at radius 1 is 1.33 bits per heavy atom. The van der Waals surface area contributed by atoms with Crippen molar-refractivity contribution in [3.8, 4) is 17.6 Å². The molecule has 6 heteroatoms. The number of methoxy groups -OCH3 is 2. The Morgan fingerprint density at radius 2 is 2.05 bits per heavy atom. The van der Waals surface area contributed by atoms with E-state index >= 15 is 0 Å². The summed E-state index contributed by atoms with van der Waals surface area (Å²) in [5.74, 6) is 1.23. The van der Waals surface area contributed by atoms with E-state index in [1.54, 1.807) is 25.6 Å². The highest BCUT2D eigenvalue weighted by Crippen LogP contribution is 2.36. The molecule has 0 fully saturated rings. The Kier molecular flexibility index (Phi) is 5.62. The predicted molar refractivity (Wildman–Crippen MR) is 86.8 cm³/mol. The van der Waals surface area contributed by atoms with Crippen LogP contribution in [0.4, 0.5) is 0 Å². The summed E-state index contributed by atoms with van der Waals surface area (Å²) in [4.78, 5) is 1.19. The second kappa shape index (κ2) is 7.46. The van der Waals surface area contributed by atoms with Gasteiger partial charge in [0.1, 0.15) is 6.04 Å². The van der Waals surface area contributed by atoms with E-state index in [4.69, 9.17) is 9.47 Å². The van der Waals surface area contributed by atoms with E-state index < -0.39 is 6.04 Å². The van der Waals surface area contributed by atoms with Crippen molar-refractivity contribution in [2.24, 2.45) is 0 Å². The standard InChI is InChI=1S/C15H15BrN2O2S/c1-19-14-6-11(12(16)7-15(14)20-2)13(8-17)18-9-10-4-3-5-21-10/h3-7,13,18H,9H2,1-2H3. The highest BCUT2D eigenvalue weighted by Gasteiger charge is 2.17. The fourth-order valence-electron chi connectivity index (χ4n) is 1.93. The first-order valence-corrected chi connectivity index (χ1v) is 7.93. The Labute approximate surface area is 136 Å². The van der Waals surface area contributed by atoms with Gasteiger partial charge >= 0.3 is 0 Å². The van der Waals surface area contributed by atoms with Gasteiger partial charge in [0.05, 0.1) is 20.3 Å². The maximum absolute atomic E-state index is 9.42. The maximum Gasteiger partial charge on any atom is 0.161 e. The summed E-state index contributed by atoms with van der Waals surface area (Å²) in [7, 11) is 3.16. The number of nitrogens with one attached hydrogen (secondary N) is 1. The minimum atomic E-state index is -0.429. The number of halogens is 1. The topological polar surface area (TPSA) is 54.3 Å². The molecule has 0 aliphatic heterocycles. The first kappa shape index (κ1) is 15.8. The summed E-state index contributed by atoms with van der Waals surface area (Å²) in [6, 6.07) is 9.51. The average Bonchev–Trinajstić information content (AvgIpc) is 3.02. The summed E-state index contributed by atoms with van der Waals surface area (Å²) in [6.45, 7) is 0.649. The van der Waals surface area contributed by atoms with Crippen LogP contribution in [0.25, 0.3) is 0 Å². The van der Waals surface area contributed by atoms with E-state index in [1.807, 2.05) is 29.6 Å². The lowest BCUT2D eigenvalue weighted by atomic mass is 10.1. The molecule has 0 radical (unpaired) electrons. The summed E-state index contributed by atoms with van der Waals surface area (Å²) in [5.41, 5.74) is 0.826. The van der Waals surface area contributed by atoms with Gasteiger partial charge in [-0.15, -0.1) is 11.3 Å². The van der Waals surface area contributed by atoms with Gasteiger partial charge in [0.15, 0.2) is 11.5 Å². The predicted octanol–water partition coefficient (Wildman–Crippen LogP) is 3.88. The van der Waals surface area contributed by atoms with Crippen LogP contribution in [0, 0.1) is 11.3 Å². The van der Waals surface area contributed by atoms with E-state index in [0.717, 1.165) is 10.0 Å². The summed E-state index contributed by atoms with van der Waals surface area (Å²) >= 11 is 5.15. The zero-order valence-corrected chi connectivity index (χ0v) is 14.1. The summed E-state index contributed by atoms with van der Waals surface area (Å²) < 4.78 is 11.4. The van der Waals surface area contributed by atoms with E-state index in [1.165, 1.54) is 4.88 Å². The van der Waals surface area contributed by atoms with Crippen LogP contribution >= 0.6 is 27.3 Å². The lowest BCUT2D eigenvalue weighted by Crippen LogP contribution is -2.19. The van der Waals surface area contributed by atoms with E-state index in [9.17, 15) is 5.26 Å². The lowest BCUT2D eigenvalue weighted by Gasteiger charge is -2.16. The molecule has 1 heterocycles. The third kappa shape index (κ3) is 3.76. The van der Waals surface area contributed by atoms with Crippen LogP contribution in [0.3, 0.4) is 0 Å². The SMILES string of the molecule is COc1cc(Br)c(C(C#N)NCc2cccs2)cc1OC. The number of ether oxygens (including phenoxy) is 2. The molecule has 2 aromatic rings. The van der Waals surface area contributed by atoms with Gasteiger partial charge in [-0.2, -0.15) is 5.26 Å². The molecule has 0 bridgehead atoms. The average molecular weight is 367 g/mol. The zero-order chi connectivity index (χ0) is 15.2. The number of nitriles is 1. The van der Waals surface area contributed by atoms with Gasteiger partial charge in [0.25, 0.3) is 0 Å².